The van der Waals surface area contributed by atoms with Crippen molar-refractivity contribution < 1.29 is 0 Å². The highest BCUT2D eigenvalue weighted by atomic mass is 79.9. The summed E-state index contributed by atoms with van der Waals surface area (Å²) in [5, 5.41) is 8.18. The largest absolute Gasteiger partial charge is 0.300 e. The molecule has 0 saturated carbocycles. The van der Waals surface area contributed by atoms with E-state index in [0.717, 1.165) is 15.6 Å². The summed E-state index contributed by atoms with van der Waals surface area (Å²) in [6.07, 6.45) is 0. The number of benzene rings is 2. The topological polar surface area (TPSA) is 23.9 Å². The second kappa shape index (κ2) is 3.32. The lowest BCUT2D eigenvalue weighted by atomic mass is 9.92. The maximum Gasteiger partial charge on any atom is 0.139 e. The Morgan fingerprint density at radius 1 is 0.875 bits per heavy atom. The fourth-order valence-electron chi connectivity index (χ4n) is 2.20. The van der Waals surface area contributed by atoms with Crippen LogP contribution < -0.4 is 5.46 Å². The number of nitrogens with one attached hydrogen (secondary N) is 1. The third-order valence-corrected chi connectivity index (χ3v) is 3.48. The third-order valence-electron chi connectivity index (χ3n) is 2.99. The molecule has 76 valence electrons. The SMILES string of the molecule is Bc1ccc2c(c1)C(=N)c1cc(Br)ccc1-2. The van der Waals surface area contributed by atoms with Crippen molar-refractivity contribution in [3.63, 3.8) is 0 Å². The van der Waals surface area contributed by atoms with E-state index in [1.54, 1.807) is 0 Å². The van der Waals surface area contributed by atoms with E-state index in [1.165, 1.54) is 16.6 Å². The van der Waals surface area contributed by atoms with Gasteiger partial charge in [0.25, 0.3) is 0 Å². The van der Waals surface area contributed by atoms with Crippen LogP contribution in [0.15, 0.2) is 40.9 Å². The fourth-order valence-corrected chi connectivity index (χ4v) is 2.56. The van der Waals surface area contributed by atoms with Crippen molar-refractivity contribution in [3.8, 4) is 11.1 Å². The van der Waals surface area contributed by atoms with E-state index in [-0.39, 0.29) is 0 Å². The molecule has 0 unspecified atom stereocenters. The van der Waals surface area contributed by atoms with Crippen molar-refractivity contribution in [1.82, 2.24) is 0 Å². The zero-order valence-electron chi connectivity index (χ0n) is 8.84. The van der Waals surface area contributed by atoms with E-state index < -0.39 is 0 Å². The van der Waals surface area contributed by atoms with Crippen LogP contribution in [-0.4, -0.2) is 13.6 Å². The molecule has 0 bridgehead atoms. The van der Waals surface area contributed by atoms with Crippen molar-refractivity contribution in [1.29, 1.82) is 5.41 Å². The van der Waals surface area contributed by atoms with E-state index in [4.69, 9.17) is 5.41 Å². The number of hydrogen-bond acceptors (Lipinski definition) is 1. The van der Waals surface area contributed by atoms with Crippen molar-refractivity contribution in [2.75, 3.05) is 0 Å². The standard InChI is InChI=1S/C13H9BBrN/c14-7-1-3-9-10-4-2-8(15)6-12(10)13(16)11(9)5-7/h1-6,16H,14H2. The van der Waals surface area contributed by atoms with Crippen LogP contribution in [0.5, 0.6) is 0 Å². The van der Waals surface area contributed by atoms with E-state index in [0.29, 0.717) is 5.71 Å². The predicted molar refractivity (Wildman–Crippen MR) is 73.7 cm³/mol. The zero-order valence-corrected chi connectivity index (χ0v) is 10.4. The average molecular weight is 270 g/mol. The summed E-state index contributed by atoms with van der Waals surface area (Å²) in [5.41, 5.74) is 6.26. The molecular weight excluding hydrogens is 261 g/mol. The Hall–Kier alpha value is -1.35. The second-order valence-corrected chi connectivity index (χ2v) is 5.03. The molecule has 0 aliphatic heterocycles. The lowest BCUT2D eigenvalue weighted by Crippen LogP contribution is -2.05. The van der Waals surface area contributed by atoms with Gasteiger partial charge < -0.3 is 0 Å². The van der Waals surface area contributed by atoms with Gasteiger partial charge in [-0.1, -0.05) is 45.7 Å². The first-order valence-corrected chi connectivity index (χ1v) is 5.96. The van der Waals surface area contributed by atoms with Crippen molar-refractivity contribution in [3.05, 3.63) is 52.0 Å². The van der Waals surface area contributed by atoms with Gasteiger partial charge in [0, 0.05) is 15.6 Å². The summed E-state index contributed by atoms with van der Waals surface area (Å²) >= 11 is 3.45. The highest BCUT2D eigenvalue weighted by Crippen LogP contribution is 2.36. The number of hydrogen-bond donors (Lipinski definition) is 1. The Bertz CT molecular complexity index is 566. The highest BCUT2D eigenvalue weighted by Gasteiger charge is 2.23. The van der Waals surface area contributed by atoms with Gasteiger partial charge in [-0.3, -0.25) is 5.41 Å². The summed E-state index contributed by atoms with van der Waals surface area (Å²) < 4.78 is 1.03. The van der Waals surface area contributed by atoms with Crippen LogP contribution in [-0.2, 0) is 0 Å². The molecule has 0 heterocycles. The summed E-state index contributed by atoms with van der Waals surface area (Å²) in [6.45, 7) is 0. The predicted octanol–water partition coefficient (Wildman–Crippen LogP) is 2.10. The third kappa shape index (κ3) is 1.28. The summed E-state index contributed by atoms with van der Waals surface area (Å²) in [4.78, 5) is 0. The number of rotatable bonds is 0. The molecule has 1 aliphatic rings. The Morgan fingerprint density at radius 3 is 2.25 bits per heavy atom. The van der Waals surface area contributed by atoms with E-state index in [2.05, 4.69) is 48.0 Å². The van der Waals surface area contributed by atoms with Crippen LogP contribution >= 0.6 is 15.9 Å². The fraction of sp³-hybridized carbons (Fsp3) is 0. The number of halogens is 1. The summed E-state index contributed by atoms with van der Waals surface area (Å²) in [6, 6.07) is 12.4. The van der Waals surface area contributed by atoms with Crippen LogP contribution in [0.2, 0.25) is 0 Å². The molecule has 0 fully saturated rings. The minimum absolute atomic E-state index is 0.634. The van der Waals surface area contributed by atoms with Gasteiger partial charge in [0.05, 0.1) is 5.71 Å². The van der Waals surface area contributed by atoms with Gasteiger partial charge in [-0.2, -0.15) is 0 Å². The normalized spacial score (nSPS) is 12.4. The van der Waals surface area contributed by atoms with Crippen molar-refractivity contribution in [2.24, 2.45) is 0 Å². The Labute approximate surface area is 104 Å². The minimum atomic E-state index is 0.634. The van der Waals surface area contributed by atoms with Gasteiger partial charge >= 0.3 is 0 Å². The van der Waals surface area contributed by atoms with E-state index >= 15 is 0 Å². The molecule has 0 atom stereocenters. The molecule has 1 N–H and O–H groups in total. The van der Waals surface area contributed by atoms with Crippen LogP contribution in [0.3, 0.4) is 0 Å². The van der Waals surface area contributed by atoms with Gasteiger partial charge in [-0.25, -0.2) is 0 Å². The molecule has 0 spiro atoms. The molecule has 3 rings (SSSR count). The first-order chi connectivity index (χ1) is 7.66. The van der Waals surface area contributed by atoms with Crippen molar-refractivity contribution >= 4 is 35.0 Å². The molecule has 3 heteroatoms. The summed E-state index contributed by atoms with van der Waals surface area (Å²) in [5.74, 6) is 0. The molecule has 0 amide bonds. The van der Waals surface area contributed by atoms with Gasteiger partial charge in [-0.05, 0) is 23.3 Å². The second-order valence-electron chi connectivity index (χ2n) is 4.11. The van der Waals surface area contributed by atoms with Gasteiger partial charge in [-0.15, -0.1) is 0 Å². The maximum absolute atomic E-state index is 8.18. The lowest BCUT2D eigenvalue weighted by Gasteiger charge is -2.00. The molecule has 1 aliphatic carbocycles. The molecule has 2 aromatic carbocycles. The minimum Gasteiger partial charge on any atom is -0.300 e. The lowest BCUT2D eigenvalue weighted by molar-refractivity contribution is 1.50. The smallest absolute Gasteiger partial charge is 0.139 e. The Kier molecular flexibility index (Phi) is 2.05. The van der Waals surface area contributed by atoms with Crippen LogP contribution in [0.25, 0.3) is 11.1 Å². The van der Waals surface area contributed by atoms with Gasteiger partial charge in [0.15, 0.2) is 0 Å². The summed E-state index contributed by atoms with van der Waals surface area (Å²) in [7, 11) is 2.06. The Balaban J connectivity index is 2.34. The molecular formula is C13H9BBrN. The van der Waals surface area contributed by atoms with Gasteiger partial charge in [0.1, 0.15) is 7.85 Å². The monoisotopic (exact) mass is 269 g/mol. The average Bonchev–Trinajstić information content (AvgIpc) is 2.53. The first kappa shape index (κ1) is 9.85. The zero-order chi connectivity index (χ0) is 11.3. The van der Waals surface area contributed by atoms with E-state index in [9.17, 15) is 0 Å². The molecule has 16 heavy (non-hydrogen) atoms. The first-order valence-electron chi connectivity index (χ1n) is 5.17. The van der Waals surface area contributed by atoms with E-state index in [1.807, 2.05) is 12.1 Å². The van der Waals surface area contributed by atoms with Crippen LogP contribution in [0, 0.1) is 5.41 Å². The Morgan fingerprint density at radius 2 is 1.50 bits per heavy atom. The van der Waals surface area contributed by atoms with Gasteiger partial charge in [0.2, 0.25) is 0 Å². The molecule has 1 nitrogen and oxygen atoms in total. The molecule has 0 aromatic heterocycles. The highest BCUT2D eigenvalue weighted by molar-refractivity contribution is 9.10. The molecule has 0 radical (unpaired) electrons. The maximum atomic E-state index is 8.18. The van der Waals surface area contributed by atoms with Crippen molar-refractivity contribution in [2.45, 2.75) is 0 Å². The van der Waals surface area contributed by atoms with Crippen LogP contribution in [0.1, 0.15) is 11.1 Å². The molecule has 2 aromatic rings. The number of fused-ring (bicyclic) bond motifs is 3. The quantitative estimate of drug-likeness (QED) is 0.605. The van der Waals surface area contributed by atoms with Crippen LogP contribution in [0.4, 0.5) is 0 Å². The molecule has 0 saturated heterocycles.